The number of hydrogen-bond donors (Lipinski definition) is 1. The largest absolute Gasteiger partial charge is 0.378 e. The summed E-state index contributed by atoms with van der Waals surface area (Å²) in [5.41, 5.74) is 2.53. The van der Waals surface area contributed by atoms with Crippen molar-refractivity contribution in [2.24, 2.45) is 0 Å². The first-order valence-corrected chi connectivity index (χ1v) is 12.0. The van der Waals surface area contributed by atoms with Crippen molar-refractivity contribution in [2.75, 3.05) is 52.7 Å². The van der Waals surface area contributed by atoms with Gasteiger partial charge in [0.05, 0.1) is 52.7 Å². The number of nitrogens with one attached hydrogen (secondary N) is 1. The van der Waals surface area contributed by atoms with Gasteiger partial charge in [0.1, 0.15) is 5.82 Å². The van der Waals surface area contributed by atoms with Gasteiger partial charge in [-0.25, -0.2) is 4.98 Å². The molecule has 0 fully saturated rings. The molecule has 8 nitrogen and oxygen atoms in total. The van der Waals surface area contributed by atoms with Gasteiger partial charge in [-0.15, -0.1) is 0 Å². The average molecular weight is 466 g/mol. The summed E-state index contributed by atoms with van der Waals surface area (Å²) in [4.78, 5) is 9.46. The van der Waals surface area contributed by atoms with Crippen molar-refractivity contribution < 1.29 is 14.2 Å². The molecular formula is C26H35N5O3. The number of rotatable bonds is 4. The number of benzene rings is 2. The zero-order valence-electron chi connectivity index (χ0n) is 19.8. The van der Waals surface area contributed by atoms with Crippen LogP contribution in [0.5, 0.6) is 0 Å². The third-order valence-electron chi connectivity index (χ3n) is 5.66. The molecule has 0 spiro atoms. The third kappa shape index (κ3) is 8.62. The van der Waals surface area contributed by atoms with E-state index in [1.807, 2.05) is 12.1 Å². The van der Waals surface area contributed by atoms with Crippen molar-refractivity contribution in [1.82, 2.24) is 25.0 Å². The number of H-pyrrole nitrogens is 1. The van der Waals surface area contributed by atoms with Crippen LogP contribution in [0.1, 0.15) is 22.8 Å². The summed E-state index contributed by atoms with van der Waals surface area (Å²) in [6, 6.07) is 21.0. The van der Waals surface area contributed by atoms with Crippen LogP contribution in [0.4, 0.5) is 0 Å². The van der Waals surface area contributed by atoms with Gasteiger partial charge in [0.2, 0.25) is 0 Å². The second kappa shape index (κ2) is 13.9. The minimum absolute atomic E-state index is 0.576. The monoisotopic (exact) mass is 465 g/mol. The van der Waals surface area contributed by atoms with Crippen molar-refractivity contribution in [1.29, 1.82) is 0 Å². The average Bonchev–Trinajstić information content (AvgIpc) is 3.29. The lowest BCUT2D eigenvalue weighted by Gasteiger charge is -2.22. The van der Waals surface area contributed by atoms with Crippen molar-refractivity contribution in [2.45, 2.75) is 26.2 Å². The minimum atomic E-state index is 0.576. The first-order chi connectivity index (χ1) is 16.8. The van der Waals surface area contributed by atoms with Crippen LogP contribution in [0.25, 0.3) is 0 Å². The highest BCUT2D eigenvalue weighted by molar-refractivity contribution is 5.15. The third-order valence-corrected chi connectivity index (χ3v) is 5.66. The summed E-state index contributed by atoms with van der Waals surface area (Å²) < 4.78 is 17.2. The van der Waals surface area contributed by atoms with Gasteiger partial charge in [-0.05, 0) is 11.1 Å². The molecule has 1 aliphatic rings. The first-order valence-electron chi connectivity index (χ1n) is 12.0. The molecule has 3 aromatic rings. The Morgan fingerprint density at radius 2 is 1.15 bits per heavy atom. The normalized spacial score (nSPS) is 18.2. The molecule has 34 heavy (non-hydrogen) atoms. The van der Waals surface area contributed by atoms with Crippen molar-refractivity contribution in [3.63, 3.8) is 0 Å². The Kier molecular flexibility index (Phi) is 10.0. The molecule has 0 saturated carbocycles. The van der Waals surface area contributed by atoms with Crippen LogP contribution in [0.3, 0.4) is 0 Å². The lowest BCUT2D eigenvalue weighted by Crippen LogP contribution is -2.29. The Labute approximate surface area is 201 Å². The van der Waals surface area contributed by atoms with Crippen LogP contribution in [0.2, 0.25) is 0 Å². The zero-order valence-corrected chi connectivity index (χ0v) is 19.8. The maximum Gasteiger partial charge on any atom is 0.164 e. The van der Waals surface area contributed by atoms with E-state index < -0.39 is 0 Å². The predicted molar refractivity (Wildman–Crippen MR) is 130 cm³/mol. The molecule has 1 aromatic heterocycles. The summed E-state index contributed by atoms with van der Waals surface area (Å²) in [5, 5.41) is 7.66. The fourth-order valence-electron chi connectivity index (χ4n) is 3.93. The summed E-state index contributed by atoms with van der Waals surface area (Å²) in [7, 11) is 0. The molecule has 0 saturated heterocycles. The van der Waals surface area contributed by atoms with Gasteiger partial charge in [0, 0.05) is 26.2 Å². The molecular weight excluding hydrogens is 430 g/mol. The second-order valence-corrected chi connectivity index (χ2v) is 8.43. The summed E-state index contributed by atoms with van der Waals surface area (Å²) in [5.74, 6) is 1.66. The van der Waals surface area contributed by atoms with Gasteiger partial charge in [-0.2, -0.15) is 5.10 Å². The Morgan fingerprint density at radius 3 is 1.71 bits per heavy atom. The topological polar surface area (TPSA) is 75.7 Å². The van der Waals surface area contributed by atoms with Crippen molar-refractivity contribution in [3.8, 4) is 0 Å². The van der Waals surface area contributed by atoms with E-state index in [-0.39, 0.29) is 0 Å². The van der Waals surface area contributed by atoms with Crippen molar-refractivity contribution in [3.05, 3.63) is 83.4 Å². The molecule has 0 atom stereocenters. The van der Waals surface area contributed by atoms with Crippen LogP contribution in [0, 0.1) is 0 Å². The molecule has 2 heterocycles. The van der Waals surface area contributed by atoms with Crippen LogP contribution in [-0.2, 0) is 40.4 Å². The van der Waals surface area contributed by atoms with Crippen LogP contribution < -0.4 is 0 Å². The van der Waals surface area contributed by atoms with E-state index in [9.17, 15) is 0 Å². The van der Waals surface area contributed by atoms with Gasteiger partial charge in [-0.1, -0.05) is 60.7 Å². The predicted octanol–water partition coefficient (Wildman–Crippen LogP) is 2.87. The Morgan fingerprint density at radius 1 is 0.647 bits per heavy atom. The summed E-state index contributed by atoms with van der Waals surface area (Å²) in [6.45, 7) is 8.17. The van der Waals surface area contributed by atoms with E-state index in [1.165, 1.54) is 11.1 Å². The number of fused-ring (bicyclic) bond motifs is 2. The van der Waals surface area contributed by atoms with Gasteiger partial charge in [0.15, 0.2) is 5.82 Å². The molecule has 2 bridgehead atoms. The Hall–Kier alpha value is -2.62. The smallest absolute Gasteiger partial charge is 0.164 e. The fourth-order valence-corrected chi connectivity index (χ4v) is 3.93. The summed E-state index contributed by atoms with van der Waals surface area (Å²) in [6.07, 6.45) is 0. The van der Waals surface area contributed by atoms with Crippen LogP contribution in [0.15, 0.2) is 60.7 Å². The standard InChI is InChI=1S/C26H35N5O3/c1-3-7-23(8-4-1)19-30-11-13-32-15-17-34-18-16-33-14-12-31(20-24-9-5-2-6-10-24)22-26-27-25(21-30)28-29-26/h1-10H,11-22H2,(H,27,28,29). The maximum atomic E-state index is 5.79. The molecule has 2 aromatic carbocycles. The second-order valence-electron chi connectivity index (χ2n) is 8.43. The SMILES string of the molecule is c1ccc(CN2CCOCCOCCOCCN(Cc3ccccc3)Cc3nc(n[nH]3)C2)cc1. The first kappa shape index (κ1) is 24.5. The number of ether oxygens (including phenoxy) is 3. The van der Waals surface area contributed by atoms with Gasteiger partial charge in [0.25, 0.3) is 0 Å². The Balaban J connectivity index is 1.44. The fraction of sp³-hybridized carbons (Fsp3) is 0.462. The van der Waals surface area contributed by atoms with Crippen molar-refractivity contribution >= 4 is 0 Å². The van der Waals surface area contributed by atoms with Gasteiger partial charge < -0.3 is 14.2 Å². The van der Waals surface area contributed by atoms with Crippen LogP contribution in [-0.4, -0.2) is 77.7 Å². The Bertz CT molecular complexity index is 864. The molecule has 0 radical (unpaired) electrons. The molecule has 0 amide bonds. The number of nitrogens with zero attached hydrogens (tertiary/aromatic N) is 4. The van der Waals surface area contributed by atoms with E-state index >= 15 is 0 Å². The highest BCUT2D eigenvalue weighted by Gasteiger charge is 2.14. The molecule has 0 aliphatic carbocycles. The van der Waals surface area contributed by atoms with E-state index in [1.54, 1.807) is 0 Å². The zero-order chi connectivity index (χ0) is 23.3. The molecule has 8 heteroatoms. The number of aromatic nitrogens is 3. The quantitative estimate of drug-likeness (QED) is 0.635. The van der Waals surface area contributed by atoms with E-state index in [0.29, 0.717) is 52.7 Å². The molecule has 1 N–H and O–H groups in total. The minimum Gasteiger partial charge on any atom is -0.378 e. The van der Waals surface area contributed by atoms with E-state index in [0.717, 1.165) is 37.8 Å². The molecule has 1 aliphatic heterocycles. The van der Waals surface area contributed by atoms with Gasteiger partial charge in [-0.3, -0.25) is 14.9 Å². The summed E-state index contributed by atoms with van der Waals surface area (Å²) >= 11 is 0. The number of hydrogen-bond acceptors (Lipinski definition) is 7. The van der Waals surface area contributed by atoms with E-state index in [4.69, 9.17) is 19.2 Å². The van der Waals surface area contributed by atoms with Crippen LogP contribution >= 0.6 is 0 Å². The van der Waals surface area contributed by atoms with E-state index in [2.05, 4.69) is 68.5 Å². The lowest BCUT2D eigenvalue weighted by molar-refractivity contribution is 0.00545. The molecule has 182 valence electrons. The number of aromatic amines is 1. The lowest BCUT2D eigenvalue weighted by atomic mass is 10.2. The molecule has 4 rings (SSSR count). The highest BCUT2D eigenvalue weighted by atomic mass is 16.5. The van der Waals surface area contributed by atoms with Gasteiger partial charge >= 0.3 is 0 Å². The maximum absolute atomic E-state index is 5.79. The molecule has 0 unspecified atom stereocenters. The highest BCUT2D eigenvalue weighted by Crippen LogP contribution is 2.11.